The Morgan fingerprint density at radius 2 is 1.47 bits per heavy atom. The normalized spacial score (nSPS) is 12.1. The second kappa shape index (κ2) is 8.76. The van der Waals surface area contributed by atoms with Crippen molar-refractivity contribution in [2.24, 2.45) is 0 Å². The summed E-state index contributed by atoms with van der Waals surface area (Å²) in [6.45, 7) is 0. The van der Waals surface area contributed by atoms with Gasteiger partial charge in [0.2, 0.25) is 9.84 Å². The lowest BCUT2D eigenvalue weighted by Gasteiger charge is -2.24. The molecule has 0 spiro atoms. The molecule has 0 heterocycles. The lowest BCUT2D eigenvalue weighted by Crippen LogP contribution is -2.43. The maximum Gasteiger partial charge on any atom is 0.408 e. The number of rotatable bonds is 5. The minimum Gasteiger partial charge on any atom is -0.294 e. The third-order valence-electron chi connectivity index (χ3n) is 4.26. The van der Waals surface area contributed by atoms with Gasteiger partial charge in [-0.15, -0.1) is 0 Å². The van der Waals surface area contributed by atoms with E-state index in [4.69, 9.17) is 0 Å². The van der Waals surface area contributed by atoms with Crippen LogP contribution in [0.5, 0.6) is 0 Å². The Morgan fingerprint density at radius 1 is 0.938 bits per heavy atom. The predicted octanol–water partition coefficient (Wildman–Crippen LogP) is 4.06. The molecule has 0 fully saturated rings. The SMILES string of the molecule is CN(C(=O)c1c(F)cccc1F)C(=O)N(C)c1ccc(S(=O)(=O)C(F)(F)C(F)F)cc1F. The molecule has 14 heteroatoms. The van der Waals surface area contributed by atoms with E-state index in [1.54, 1.807) is 0 Å². The van der Waals surface area contributed by atoms with E-state index in [0.717, 1.165) is 32.3 Å². The number of amides is 3. The van der Waals surface area contributed by atoms with Crippen molar-refractivity contribution in [3.63, 3.8) is 0 Å². The quantitative estimate of drug-likeness (QED) is 0.598. The Kier molecular flexibility index (Phi) is 6.87. The van der Waals surface area contributed by atoms with Gasteiger partial charge < -0.3 is 0 Å². The fraction of sp³-hybridized carbons (Fsp3) is 0.222. The Hall–Kier alpha value is -3.16. The maximum atomic E-state index is 14.4. The van der Waals surface area contributed by atoms with Crippen molar-refractivity contribution >= 4 is 27.5 Å². The van der Waals surface area contributed by atoms with Crippen molar-refractivity contribution in [1.29, 1.82) is 0 Å². The van der Waals surface area contributed by atoms with E-state index in [1.165, 1.54) is 0 Å². The molecule has 0 N–H and O–H groups in total. The molecule has 2 aromatic carbocycles. The monoisotopic (exact) mass is 486 g/mol. The molecule has 2 rings (SSSR count). The Labute approximate surface area is 176 Å². The van der Waals surface area contributed by atoms with Gasteiger partial charge in [-0.2, -0.15) is 8.78 Å². The summed E-state index contributed by atoms with van der Waals surface area (Å²) in [6, 6.07) is 2.00. The maximum absolute atomic E-state index is 14.4. The number of urea groups is 1. The highest BCUT2D eigenvalue weighted by atomic mass is 32.2. The van der Waals surface area contributed by atoms with E-state index < -0.39 is 67.1 Å². The highest BCUT2D eigenvalue weighted by molar-refractivity contribution is 7.92. The van der Waals surface area contributed by atoms with Crippen LogP contribution in [0.3, 0.4) is 0 Å². The first-order chi connectivity index (χ1) is 14.6. The van der Waals surface area contributed by atoms with Crippen LogP contribution < -0.4 is 4.90 Å². The van der Waals surface area contributed by atoms with E-state index in [1.807, 2.05) is 0 Å². The minimum atomic E-state index is -5.97. The second-order valence-corrected chi connectivity index (χ2v) is 8.30. The second-order valence-electron chi connectivity index (χ2n) is 6.28. The zero-order chi connectivity index (χ0) is 24.6. The first-order valence-corrected chi connectivity index (χ1v) is 9.82. The van der Waals surface area contributed by atoms with Crippen molar-refractivity contribution in [1.82, 2.24) is 4.90 Å². The highest BCUT2D eigenvalue weighted by Crippen LogP contribution is 2.36. The number of imide groups is 1. The van der Waals surface area contributed by atoms with E-state index in [2.05, 4.69) is 0 Å². The molecule has 0 saturated carbocycles. The number of nitrogens with zero attached hydrogens (tertiary/aromatic N) is 2. The molecule has 0 atom stereocenters. The third kappa shape index (κ3) is 4.26. The van der Waals surface area contributed by atoms with Crippen molar-refractivity contribution in [3.05, 3.63) is 59.4 Å². The molecule has 0 aliphatic heterocycles. The van der Waals surface area contributed by atoms with Gasteiger partial charge in [0.15, 0.2) is 0 Å². The molecule has 0 aliphatic rings. The highest BCUT2D eigenvalue weighted by Gasteiger charge is 2.54. The molecule has 0 aromatic heterocycles. The standard InChI is InChI=1S/C18H13F7N2O4S/c1-26(17(29)27(2)15(28)14-10(19)4-3-5-11(14)20)13-7-6-9(8-12(13)21)32(30,31)18(24,25)16(22)23/h3-8,16H,1-2H3. The first-order valence-electron chi connectivity index (χ1n) is 8.34. The van der Waals surface area contributed by atoms with Crippen LogP contribution in [0, 0.1) is 17.5 Å². The van der Waals surface area contributed by atoms with Crippen molar-refractivity contribution in [2.75, 3.05) is 19.0 Å². The number of hydrogen-bond donors (Lipinski definition) is 0. The molecule has 0 unspecified atom stereocenters. The molecule has 6 nitrogen and oxygen atoms in total. The van der Waals surface area contributed by atoms with E-state index in [0.29, 0.717) is 17.0 Å². The van der Waals surface area contributed by atoms with Crippen LogP contribution in [0.4, 0.5) is 41.2 Å². The zero-order valence-corrected chi connectivity index (χ0v) is 16.9. The van der Waals surface area contributed by atoms with Crippen LogP contribution in [-0.2, 0) is 9.84 Å². The molecule has 0 aliphatic carbocycles. The molecule has 3 amide bonds. The Balaban J connectivity index is 2.37. The third-order valence-corrected chi connectivity index (χ3v) is 6.03. The predicted molar refractivity (Wildman–Crippen MR) is 96.8 cm³/mol. The van der Waals surface area contributed by atoms with Gasteiger partial charge in [-0.3, -0.25) is 14.6 Å². The van der Waals surface area contributed by atoms with Gasteiger partial charge in [0.25, 0.3) is 5.91 Å². The van der Waals surface area contributed by atoms with Crippen LogP contribution in [0.2, 0.25) is 0 Å². The molecule has 174 valence electrons. The van der Waals surface area contributed by atoms with Crippen molar-refractivity contribution < 1.29 is 48.7 Å². The largest absolute Gasteiger partial charge is 0.408 e. The molecule has 0 saturated heterocycles. The molecular formula is C18H13F7N2O4S. The molecule has 0 radical (unpaired) electrons. The van der Waals surface area contributed by atoms with Crippen LogP contribution in [0.1, 0.15) is 10.4 Å². The van der Waals surface area contributed by atoms with Gasteiger partial charge in [-0.05, 0) is 30.3 Å². The summed E-state index contributed by atoms with van der Waals surface area (Å²) in [5.41, 5.74) is -1.82. The van der Waals surface area contributed by atoms with E-state index in [-0.39, 0.29) is 11.0 Å². The number of anilines is 1. The topological polar surface area (TPSA) is 74.8 Å². The number of alkyl halides is 4. The number of benzene rings is 2. The average molecular weight is 486 g/mol. The van der Waals surface area contributed by atoms with Crippen LogP contribution in [0.15, 0.2) is 41.3 Å². The minimum absolute atomic E-state index is 0.0108. The number of halogens is 7. The molecule has 2 aromatic rings. The lowest BCUT2D eigenvalue weighted by molar-refractivity contribution is -0.0636. The number of carbonyl (C=O) groups is 2. The summed E-state index contributed by atoms with van der Waals surface area (Å²) < 4.78 is 117. The molecular weight excluding hydrogens is 473 g/mol. The van der Waals surface area contributed by atoms with Gasteiger partial charge in [0, 0.05) is 14.1 Å². The van der Waals surface area contributed by atoms with Crippen LogP contribution in [-0.4, -0.2) is 51.0 Å². The van der Waals surface area contributed by atoms with Crippen molar-refractivity contribution in [3.8, 4) is 0 Å². The fourth-order valence-electron chi connectivity index (χ4n) is 2.49. The van der Waals surface area contributed by atoms with Gasteiger partial charge in [-0.1, -0.05) is 6.07 Å². The van der Waals surface area contributed by atoms with E-state index >= 15 is 0 Å². The summed E-state index contributed by atoms with van der Waals surface area (Å²) in [5, 5.41) is -5.50. The zero-order valence-electron chi connectivity index (χ0n) is 16.1. The molecule has 32 heavy (non-hydrogen) atoms. The van der Waals surface area contributed by atoms with Gasteiger partial charge in [-0.25, -0.2) is 35.2 Å². The summed E-state index contributed by atoms with van der Waals surface area (Å²) >= 11 is 0. The van der Waals surface area contributed by atoms with Gasteiger partial charge in [0.05, 0.1) is 10.6 Å². The summed E-state index contributed by atoms with van der Waals surface area (Å²) in [4.78, 5) is 23.9. The van der Waals surface area contributed by atoms with Crippen LogP contribution >= 0.6 is 0 Å². The first kappa shape index (κ1) is 25.1. The van der Waals surface area contributed by atoms with Gasteiger partial charge >= 0.3 is 17.7 Å². The summed E-state index contributed by atoms with van der Waals surface area (Å²) in [6.07, 6.45) is -4.59. The number of carbonyl (C=O) groups excluding carboxylic acids is 2. The van der Waals surface area contributed by atoms with E-state index in [9.17, 15) is 48.7 Å². The molecule has 0 bridgehead atoms. The smallest absolute Gasteiger partial charge is 0.294 e. The van der Waals surface area contributed by atoms with Gasteiger partial charge in [0.1, 0.15) is 23.0 Å². The number of hydrogen-bond acceptors (Lipinski definition) is 4. The Bertz CT molecular complexity index is 1150. The fourth-order valence-corrected chi connectivity index (χ4v) is 3.54. The van der Waals surface area contributed by atoms with Crippen LogP contribution in [0.25, 0.3) is 0 Å². The summed E-state index contributed by atoms with van der Waals surface area (Å²) in [7, 11) is -4.28. The van der Waals surface area contributed by atoms with Crippen molar-refractivity contribution in [2.45, 2.75) is 16.6 Å². The average Bonchev–Trinajstić information content (AvgIpc) is 2.71. The lowest BCUT2D eigenvalue weighted by atomic mass is 10.1. The Morgan fingerprint density at radius 3 is 1.94 bits per heavy atom. The number of sulfone groups is 1. The summed E-state index contributed by atoms with van der Waals surface area (Å²) in [5.74, 6) is -5.59.